The number of rotatable bonds is 4. The third-order valence-corrected chi connectivity index (χ3v) is 17.5. The van der Waals surface area contributed by atoms with Crippen molar-refractivity contribution in [2.24, 2.45) is 0 Å². The molecule has 1 aliphatic rings. The summed E-state index contributed by atoms with van der Waals surface area (Å²) in [6.45, 7) is 0. The Labute approximate surface area is 389 Å². The number of hydrogen-bond acceptors (Lipinski definition) is 0. The smallest absolute Gasteiger partial charge is 0.0780 e. The molecule has 5 heterocycles. The van der Waals surface area contributed by atoms with E-state index in [2.05, 4.69) is 254 Å². The Bertz CT molecular complexity index is 2880. The lowest BCUT2D eigenvalue weighted by Gasteiger charge is -2.12. The van der Waals surface area contributed by atoms with Gasteiger partial charge in [-0.2, -0.15) is 0 Å². The van der Waals surface area contributed by atoms with Crippen LogP contribution < -0.4 is 21.4 Å². The lowest BCUT2D eigenvalue weighted by Crippen LogP contribution is -2.26. The lowest BCUT2D eigenvalue weighted by atomic mass is 10.0. The van der Waals surface area contributed by atoms with E-state index in [1.54, 1.807) is 0 Å². The molecule has 8 bridgehead atoms. The van der Waals surface area contributed by atoms with E-state index in [0.29, 0.717) is 0 Å². The molecular formula is C44H24Br8N4. The zero-order valence-electron chi connectivity index (χ0n) is 28.6. The summed E-state index contributed by atoms with van der Waals surface area (Å²) in [6.07, 6.45) is 0. The fourth-order valence-electron chi connectivity index (χ4n) is 7.36. The minimum Gasteiger partial charge on any atom is -0.354 e. The summed E-state index contributed by atoms with van der Waals surface area (Å²) >= 11 is 32.7. The first-order valence-corrected chi connectivity index (χ1v) is 23.3. The summed E-state index contributed by atoms with van der Waals surface area (Å²) in [4.78, 5) is 7.83. The number of fused-ring (bicyclic) bond motifs is 8. The summed E-state index contributed by atoms with van der Waals surface area (Å²) in [6, 6.07) is 46.2. The highest BCUT2D eigenvalue weighted by Gasteiger charge is 2.28. The Hall–Kier alpha value is -2.68. The number of hydrogen-bond donors (Lipinski definition) is 2. The van der Waals surface area contributed by atoms with Gasteiger partial charge in [0.25, 0.3) is 0 Å². The van der Waals surface area contributed by atoms with Crippen molar-refractivity contribution in [1.82, 2.24) is 17.2 Å². The Morgan fingerprint density at radius 3 is 0.875 bits per heavy atom. The Kier molecular flexibility index (Phi) is 11.0. The molecule has 276 valence electrons. The first-order chi connectivity index (χ1) is 27.2. The van der Waals surface area contributed by atoms with Crippen molar-refractivity contribution in [2.45, 2.75) is 0 Å². The van der Waals surface area contributed by atoms with Crippen molar-refractivity contribution in [3.05, 3.63) is 227 Å². The highest BCUT2D eigenvalue weighted by Crippen LogP contribution is 2.41. The van der Waals surface area contributed by atoms with Crippen LogP contribution in [0.5, 0.6) is 0 Å². The van der Waals surface area contributed by atoms with Gasteiger partial charge in [-0.15, -0.1) is 0 Å². The Morgan fingerprint density at radius 1 is 0.304 bits per heavy atom. The maximum absolute atomic E-state index is 4.12. The topological polar surface area (TPSA) is 41.4 Å². The van der Waals surface area contributed by atoms with Gasteiger partial charge in [0.05, 0.1) is 91.9 Å². The molecule has 0 aliphatic carbocycles. The van der Waals surface area contributed by atoms with Crippen molar-refractivity contribution in [2.75, 3.05) is 0 Å². The largest absolute Gasteiger partial charge is 0.354 e. The molecule has 56 heavy (non-hydrogen) atoms. The van der Waals surface area contributed by atoms with Gasteiger partial charge in [0.15, 0.2) is 0 Å². The van der Waals surface area contributed by atoms with E-state index in [1.807, 2.05) is 24.3 Å². The Balaban J connectivity index is 1.60. The van der Waals surface area contributed by atoms with Crippen LogP contribution in [0.1, 0.15) is 45.0 Å². The van der Waals surface area contributed by atoms with E-state index < -0.39 is 0 Å². The number of halogens is 8. The summed E-state index contributed by atoms with van der Waals surface area (Å²) in [5.74, 6) is 0. The fourth-order valence-corrected chi connectivity index (χ4v) is 13.0. The number of aromatic amines is 2. The second kappa shape index (κ2) is 15.8. The van der Waals surface area contributed by atoms with Crippen molar-refractivity contribution in [1.29, 1.82) is 0 Å². The van der Waals surface area contributed by atoms with Crippen LogP contribution in [-0.2, 0) is 0 Å². The van der Waals surface area contributed by atoms with Gasteiger partial charge in [0, 0.05) is 33.7 Å². The standard InChI is InChI=1S/C44H24Br8N4/c45-33-34(46)40-32(26-19-11-4-12-20-26)44-38(50)36(48)42(56(44)52)30(24-15-7-2-8-16-24)28-22-21-27(53-28)29(23-13-5-1-6-14-23)41-35(47)37(49)43(55(41)51)31(39(33)54-40)25-17-9-3-10-18-25/h1-22,53-54H. The van der Waals surface area contributed by atoms with Crippen LogP contribution in [0.25, 0.3) is 22.3 Å². The number of nitrogens with zero attached hydrogens (tertiary/aromatic N) is 2. The number of aromatic nitrogens is 4. The van der Waals surface area contributed by atoms with E-state index in [1.165, 1.54) is 0 Å². The van der Waals surface area contributed by atoms with Gasteiger partial charge in [-0.25, -0.2) is 0 Å². The molecule has 0 spiro atoms. The molecule has 4 aromatic heterocycles. The highest BCUT2D eigenvalue weighted by molar-refractivity contribution is 9.14. The van der Waals surface area contributed by atoms with Gasteiger partial charge < -0.3 is 9.97 Å². The van der Waals surface area contributed by atoms with E-state index in [9.17, 15) is 0 Å². The van der Waals surface area contributed by atoms with Crippen LogP contribution in [0.15, 0.2) is 160 Å². The van der Waals surface area contributed by atoms with Crippen LogP contribution in [0, 0.1) is 0 Å². The normalized spacial score (nSPS) is 12.9. The minimum absolute atomic E-state index is 0.878. The molecule has 0 saturated heterocycles. The van der Waals surface area contributed by atoms with Crippen molar-refractivity contribution < 1.29 is 0 Å². The molecule has 0 amide bonds. The van der Waals surface area contributed by atoms with Gasteiger partial charge >= 0.3 is 0 Å². The van der Waals surface area contributed by atoms with Crippen molar-refractivity contribution in [3.63, 3.8) is 0 Å². The Morgan fingerprint density at radius 2 is 0.571 bits per heavy atom. The first-order valence-electron chi connectivity index (χ1n) is 17.2. The van der Waals surface area contributed by atoms with E-state index in [-0.39, 0.29) is 0 Å². The second-order valence-electron chi connectivity index (χ2n) is 13.0. The van der Waals surface area contributed by atoms with Crippen LogP contribution >= 0.6 is 128 Å². The number of benzene rings is 4. The average Bonchev–Trinajstić information content (AvgIpc) is 3.93. The highest BCUT2D eigenvalue weighted by atomic mass is 79.9. The zero-order valence-corrected chi connectivity index (χ0v) is 41.3. The van der Waals surface area contributed by atoms with Gasteiger partial charge in [0.2, 0.25) is 0 Å². The predicted octanol–water partition coefficient (Wildman–Crippen LogP) is 12.1. The summed E-state index contributed by atoms with van der Waals surface area (Å²) < 4.78 is 9.53. The maximum atomic E-state index is 4.12. The third kappa shape index (κ3) is 6.42. The van der Waals surface area contributed by atoms with Crippen molar-refractivity contribution in [3.8, 4) is 0 Å². The van der Waals surface area contributed by atoms with Gasteiger partial charge in [-0.1, -0.05) is 121 Å². The SMILES string of the molecule is Brc1c2[nH]c(c1Br)C(c1ccccc1)=c1c(Br)c(Br)c(n1Br)=C(c1ccccc1)c1ccc([nH]1)C(c1ccccc1)=c1c(Br)c(Br)c(n1Br)=C2c1ccccc1. The molecule has 1 aliphatic heterocycles. The quantitative estimate of drug-likeness (QED) is 0.176. The van der Waals surface area contributed by atoms with Gasteiger partial charge in [-0.05, 0) is 130 Å². The molecule has 2 N–H and O–H groups in total. The van der Waals surface area contributed by atoms with Crippen LogP contribution in [-0.4, -0.2) is 17.2 Å². The van der Waals surface area contributed by atoms with Crippen molar-refractivity contribution >= 4 is 150 Å². The summed E-state index contributed by atoms with van der Waals surface area (Å²) in [5.41, 5.74) is 11.7. The minimum atomic E-state index is 0.878. The monoisotopic (exact) mass is 1240 g/mol. The number of nitrogens with one attached hydrogen (secondary N) is 2. The molecule has 0 unspecified atom stereocenters. The predicted molar refractivity (Wildman–Crippen MR) is 256 cm³/mol. The third-order valence-electron chi connectivity index (χ3n) is 9.81. The molecule has 0 atom stereocenters. The second-order valence-corrected chi connectivity index (χ2v) is 19.1. The first kappa shape index (κ1) is 38.8. The van der Waals surface area contributed by atoms with Crippen LogP contribution in [0.3, 0.4) is 0 Å². The van der Waals surface area contributed by atoms with E-state index in [4.69, 9.17) is 0 Å². The molecule has 0 radical (unpaired) electrons. The van der Waals surface area contributed by atoms with Gasteiger partial charge in [-0.3, -0.25) is 7.19 Å². The summed E-state index contributed by atoms with van der Waals surface area (Å²) in [5, 5.41) is 3.70. The zero-order chi connectivity index (χ0) is 38.8. The lowest BCUT2D eigenvalue weighted by molar-refractivity contribution is 1.13. The maximum Gasteiger partial charge on any atom is 0.0780 e. The molecule has 0 saturated carbocycles. The molecule has 12 heteroatoms. The van der Waals surface area contributed by atoms with Crippen LogP contribution in [0.2, 0.25) is 0 Å². The molecular weight excluding hydrogens is 1220 g/mol. The van der Waals surface area contributed by atoms with Gasteiger partial charge in [0.1, 0.15) is 0 Å². The number of H-pyrrole nitrogens is 2. The summed E-state index contributed by atoms with van der Waals surface area (Å²) in [7, 11) is 0. The molecule has 4 nitrogen and oxygen atoms in total. The fraction of sp³-hybridized carbons (Fsp3) is 0. The molecule has 8 aromatic rings. The van der Waals surface area contributed by atoms with E-state index >= 15 is 0 Å². The van der Waals surface area contributed by atoms with E-state index in [0.717, 1.165) is 116 Å². The molecule has 0 fully saturated rings. The molecule has 4 aromatic carbocycles. The molecule has 9 rings (SSSR count). The van der Waals surface area contributed by atoms with Crippen LogP contribution in [0.4, 0.5) is 0 Å². The average molecular weight is 1250 g/mol.